The summed E-state index contributed by atoms with van der Waals surface area (Å²) >= 11 is 1.92. The SMILES string of the molecule is C=C[C@H](I)C(NC(=O)[C@@H]1CCCN1C(=O)[C@@H](NC(=O)OCC(C)(C)CCCc1ccc2cc[nH]c(=O)c2c1)C1CCCCC1)C(=O)NS(=O)(=O)C1CC1. The summed E-state index contributed by atoms with van der Waals surface area (Å²) in [6, 6.07) is 4.77. The molecule has 1 aromatic carbocycles. The number of pyridine rings is 1. The molecule has 4 amide bonds. The first-order valence-electron chi connectivity index (χ1n) is 18.7. The quantitative estimate of drug-likeness (QED) is 0.107. The number of alkyl halides is 1. The normalized spacial score (nSPS) is 19.9. The number of alkyl carbamates (subject to hydrolysis) is 1. The van der Waals surface area contributed by atoms with Crippen LogP contribution in [0, 0.1) is 11.3 Å². The second kappa shape index (κ2) is 17.8. The Hall–Kier alpha value is -3.47. The molecule has 3 fully saturated rings. The standard InChI is InChI=1S/C38H52IN5O8S/c1-4-29(39)32(35(47)43-53(50,51)27-16-17-27)41-34(46)30-13-9-21-44(30)36(48)31(26-11-6-5-7-12-26)42-37(49)52-23-38(2,3)19-8-10-24-14-15-25-18-20-40-33(45)28(25)22-24/h4,14-15,18,20,22,26-27,29-32H,1,5-13,16-17,19,21,23H2,2-3H3,(H,40,45)(H,41,46)(H,42,49)(H,43,47)/t29-,30-,31-,32?/m0/s1. The van der Waals surface area contributed by atoms with Crippen LogP contribution in [0.3, 0.4) is 0 Å². The number of benzene rings is 1. The van der Waals surface area contributed by atoms with Crippen LogP contribution in [0.4, 0.5) is 4.79 Å². The van der Waals surface area contributed by atoms with Crippen LogP contribution in [0.2, 0.25) is 0 Å². The molecule has 13 nitrogen and oxygen atoms in total. The van der Waals surface area contributed by atoms with Gasteiger partial charge in [0.05, 0.1) is 15.8 Å². The second-order valence-corrected chi connectivity index (χ2v) is 18.8. The summed E-state index contributed by atoms with van der Waals surface area (Å²) in [6.07, 6.45) is 11.0. The van der Waals surface area contributed by atoms with Crippen LogP contribution in [-0.4, -0.2) is 82.6 Å². The molecular formula is C38H52IN5O8S. The Morgan fingerprint density at radius 2 is 1.79 bits per heavy atom. The van der Waals surface area contributed by atoms with Gasteiger partial charge in [-0.1, -0.05) is 73.9 Å². The maximum atomic E-state index is 14.2. The highest BCUT2D eigenvalue weighted by Gasteiger charge is 2.43. The van der Waals surface area contributed by atoms with Crippen molar-refractivity contribution < 1.29 is 32.3 Å². The van der Waals surface area contributed by atoms with Crippen LogP contribution in [0.25, 0.3) is 10.8 Å². The predicted octanol–water partition coefficient (Wildman–Crippen LogP) is 4.63. The number of carbonyl (C=O) groups is 4. The monoisotopic (exact) mass is 865 g/mol. The second-order valence-electron chi connectivity index (χ2n) is 15.4. The molecule has 2 saturated carbocycles. The van der Waals surface area contributed by atoms with Gasteiger partial charge >= 0.3 is 6.09 Å². The van der Waals surface area contributed by atoms with E-state index in [2.05, 4.69) is 26.9 Å². The molecule has 0 bridgehead atoms. The van der Waals surface area contributed by atoms with Crippen LogP contribution >= 0.6 is 22.6 Å². The van der Waals surface area contributed by atoms with E-state index < -0.39 is 55.2 Å². The van der Waals surface area contributed by atoms with Crippen molar-refractivity contribution in [1.82, 2.24) is 25.2 Å². The van der Waals surface area contributed by atoms with Crippen molar-refractivity contribution in [3.63, 3.8) is 0 Å². The summed E-state index contributed by atoms with van der Waals surface area (Å²) in [5, 5.41) is 6.49. The summed E-state index contributed by atoms with van der Waals surface area (Å²) in [4.78, 5) is 70.7. The molecule has 2 heterocycles. The highest BCUT2D eigenvalue weighted by Crippen LogP contribution is 2.31. The van der Waals surface area contributed by atoms with Gasteiger partial charge in [-0.25, -0.2) is 13.2 Å². The molecule has 53 heavy (non-hydrogen) atoms. The van der Waals surface area contributed by atoms with Crippen LogP contribution in [0.5, 0.6) is 0 Å². The third-order valence-electron chi connectivity index (χ3n) is 10.6. The van der Waals surface area contributed by atoms with Gasteiger partial charge < -0.3 is 25.3 Å². The molecule has 0 spiro atoms. The van der Waals surface area contributed by atoms with Crippen LogP contribution < -0.4 is 20.9 Å². The number of H-pyrrole nitrogens is 1. The number of nitrogens with zero attached hydrogens (tertiary/aromatic N) is 1. The molecule has 3 aliphatic rings. The molecule has 290 valence electrons. The average molecular weight is 866 g/mol. The van der Waals surface area contributed by atoms with E-state index in [0.29, 0.717) is 37.6 Å². The van der Waals surface area contributed by atoms with Crippen molar-refractivity contribution in [2.75, 3.05) is 13.2 Å². The summed E-state index contributed by atoms with van der Waals surface area (Å²) < 4.78 is 32.2. The highest BCUT2D eigenvalue weighted by atomic mass is 127. The van der Waals surface area contributed by atoms with Crippen molar-refractivity contribution in [3.05, 3.63) is 59.0 Å². The van der Waals surface area contributed by atoms with Crippen LogP contribution in [-0.2, 0) is 35.6 Å². The fourth-order valence-electron chi connectivity index (χ4n) is 7.33. The van der Waals surface area contributed by atoms with Crippen LogP contribution in [0.15, 0.2) is 47.9 Å². The third kappa shape index (κ3) is 10.8. The number of aromatic nitrogens is 1. The van der Waals surface area contributed by atoms with E-state index in [1.165, 1.54) is 11.0 Å². The summed E-state index contributed by atoms with van der Waals surface area (Å²) in [6.45, 7) is 8.19. The fourth-order valence-corrected chi connectivity index (χ4v) is 9.17. The highest BCUT2D eigenvalue weighted by molar-refractivity contribution is 14.1. The van der Waals surface area contributed by atoms with E-state index in [1.807, 2.05) is 60.7 Å². The number of hydrogen-bond donors (Lipinski definition) is 4. The summed E-state index contributed by atoms with van der Waals surface area (Å²) in [7, 11) is -3.84. The molecule has 0 radical (unpaired) electrons. The van der Waals surface area contributed by atoms with Gasteiger partial charge in [0.1, 0.15) is 18.1 Å². The molecule has 15 heteroatoms. The first-order chi connectivity index (χ1) is 25.2. The number of aryl methyl sites for hydroxylation is 1. The largest absolute Gasteiger partial charge is 0.449 e. The molecule has 2 aliphatic carbocycles. The number of nitrogens with one attached hydrogen (secondary N) is 4. The molecule has 5 rings (SSSR count). The number of aromatic amines is 1. The summed E-state index contributed by atoms with van der Waals surface area (Å²) in [5.41, 5.74) is 0.588. The predicted molar refractivity (Wildman–Crippen MR) is 211 cm³/mol. The van der Waals surface area contributed by atoms with E-state index in [1.54, 1.807) is 6.20 Å². The van der Waals surface area contributed by atoms with Gasteiger partial charge in [0.2, 0.25) is 21.8 Å². The van der Waals surface area contributed by atoms with Crippen molar-refractivity contribution in [2.45, 2.75) is 118 Å². The molecular weight excluding hydrogens is 813 g/mol. The lowest BCUT2D eigenvalue weighted by molar-refractivity contribution is -0.141. The zero-order valence-corrected chi connectivity index (χ0v) is 33.5. The zero-order chi connectivity index (χ0) is 38.3. The van der Waals surface area contributed by atoms with E-state index in [9.17, 15) is 32.4 Å². The van der Waals surface area contributed by atoms with Crippen molar-refractivity contribution in [3.8, 4) is 0 Å². The van der Waals surface area contributed by atoms with Crippen molar-refractivity contribution in [1.29, 1.82) is 0 Å². The van der Waals surface area contributed by atoms with Gasteiger partial charge in [-0.2, -0.15) is 0 Å². The minimum Gasteiger partial charge on any atom is -0.449 e. The van der Waals surface area contributed by atoms with Gasteiger partial charge in [-0.05, 0) is 92.2 Å². The number of likely N-dealkylation sites (tertiary alicyclic amines) is 1. The lowest BCUT2D eigenvalue weighted by Gasteiger charge is -2.35. The Kier molecular flexibility index (Phi) is 13.7. The number of ether oxygens (including phenoxy) is 1. The van der Waals surface area contributed by atoms with Crippen molar-refractivity contribution in [2.24, 2.45) is 11.3 Å². The first-order valence-corrected chi connectivity index (χ1v) is 21.4. The Balaban J connectivity index is 1.19. The Morgan fingerprint density at radius 1 is 1.06 bits per heavy atom. The number of halogens is 1. The van der Waals surface area contributed by atoms with E-state index >= 15 is 0 Å². The minimum atomic E-state index is -3.84. The molecule has 1 aromatic heterocycles. The number of fused-ring (bicyclic) bond motifs is 1. The van der Waals surface area contributed by atoms with Gasteiger partial charge in [-0.15, -0.1) is 6.58 Å². The maximum absolute atomic E-state index is 14.2. The first kappa shape index (κ1) is 40.7. The molecule has 4 atom stereocenters. The van der Waals surface area contributed by atoms with Gasteiger partial charge in [0.25, 0.3) is 11.5 Å². The fraction of sp³-hybridized carbons (Fsp3) is 0.605. The minimum absolute atomic E-state index is 0.118. The molecule has 4 N–H and O–H groups in total. The molecule has 1 unspecified atom stereocenters. The zero-order valence-electron chi connectivity index (χ0n) is 30.5. The Labute approximate surface area is 325 Å². The van der Waals surface area contributed by atoms with Crippen LogP contribution in [0.1, 0.15) is 90.0 Å². The van der Waals surface area contributed by atoms with E-state index in [-0.39, 0.29) is 29.4 Å². The smallest absolute Gasteiger partial charge is 0.407 e. The number of rotatable bonds is 16. The van der Waals surface area contributed by atoms with Gasteiger partial charge in [-0.3, -0.25) is 23.9 Å². The van der Waals surface area contributed by atoms with Gasteiger partial charge in [0.15, 0.2) is 0 Å². The topological polar surface area (TPSA) is 184 Å². The van der Waals surface area contributed by atoms with E-state index in [0.717, 1.165) is 62.3 Å². The molecule has 2 aromatic rings. The third-order valence-corrected chi connectivity index (χ3v) is 13.6. The Morgan fingerprint density at radius 3 is 2.49 bits per heavy atom. The average Bonchev–Trinajstić information content (AvgIpc) is 3.89. The summed E-state index contributed by atoms with van der Waals surface area (Å²) in [5.74, 6) is -1.91. The molecule has 1 aliphatic heterocycles. The van der Waals surface area contributed by atoms with E-state index in [4.69, 9.17) is 4.74 Å². The molecule has 1 saturated heterocycles. The number of amides is 4. The number of hydrogen-bond acceptors (Lipinski definition) is 8. The van der Waals surface area contributed by atoms with Crippen molar-refractivity contribution >= 4 is 67.2 Å². The lowest BCUT2D eigenvalue weighted by Crippen LogP contribution is -2.59. The lowest BCUT2D eigenvalue weighted by atomic mass is 9.83. The van der Waals surface area contributed by atoms with Gasteiger partial charge in [0, 0.05) is 18.1 Å². The number of carbonyl (C=O) groups excluding carboxylic acids is 4. The maximum Gasteiger partial charge on any atom is 0.407 e. The number of sulfonamides is 1. The Bertz CT molecular complexity index is 1840.